The number of benzene rings is 11. The van der Waals surface area contributed by atoms with E-state index in [1.54, 1.807) is 0 Å². The molecular weight excluding hydrogens is 815 g/mol. The largest absolute Gasteiger partial charge is 0.456 e. The highest BCUT2D eigenvalue weighted by Crippen LogP contribution is 2.48. The Morgan fingerprint density at radius 3 is 1.43 bits per heavy atom. The monoisotopic (exact) mass is 855 g/mol. The first-order valence-corrected chi connectivity index (χ1v) is 22.8. The lowest BCUT2D eigenvalue weighted by atomic mass is 9.96. The summed E-state index contributed by atoms with van der Waals surface area (Å²) in [7, 11) is 0. The van der Waals surface area contributed by atoms with Crippen molar-refractivity contribution in [3.05, 3.63) is 249 Å². The molecule has 0 N–H and O–H groups in total. The van der Waals surface area contributed by atoms with Crippen LogP contribution >= 0.6 is 0 Å². The summed E-state index contributed by atoms with van der Waals surface area (Å²) >= 11 is 0. The predicted octanol–water partition coefficient (Wildman–Crippen LogP) is 18.4. The van der Waals surface area contributed by atoms with Gasteiger partial charge in [0.2, 0.25) is 0 Å². The van der Waals surface area contributed by atoms with Gasteiger partial charge < -0.3 is 13.7 Å². The van der Waals surface area contributed by atoms with Crippen LogP contribution in [-0.2, 0) is 0 Å². The Morgan fingerprint density at radius 2 is 0.746 bits per heavy atom. The van der Waals surface area contributed by atoms with E-state index < -0.39 is 0 Å². The Morgan fingerprint density at radius 1 is 0.269 bits per heavy atom. The summed E-state index contributed by atoms with van der Waals surface area (Å²) in [6.07, 6.45) is 0. The maximum absolute atomic E-state index is 7.02. The fourth-order valence-corrected chi connectivity index (χ4v) is 9.97. The van der Waals surface area contributed by atoms with Crippen LogP contribution in [0.15, 0.2) is 258 Å². The number of nitrogens with zero attached hydrogens (tertiary/aromatic N) is 1. The van der Waals surface area contributed by atoms with Gasteiger partial charge in [-0.1, -0.05) is 182 Å². The highest BCUT2D eigenvalue weighted by molar-refractivity contribution is 6.18. The van der Waals surface area contributed by atoms with E-state index >= 15 is 0 Å². The van der Waals surface area contributed by atoms with Crippen LogP contribution in [0.3, 0.4) is 0 Å². The molecule has 13 rings (SSSR count). The van der Waals surface area contributed by atoms with Crippen molar-refractivity contribution in [1.82, 2.24) is 0 Å². The van der Waals surface area contributed by atoms with Gasteiger partial charge in [0.25, 0.3) is 0 Å². The average molecular weight is 856 g/mol. The maximum Gasteiger partial charge on any atom is 0.145 e. The molecular formula is C64H41NO2. The van der Waals surface area contributed by atoms with E-state index in [4.69, 9.17) is 8.83 Å². The zero-order chi connectivity index (χ0) is 44.3. The van der Waals surface area contributed by atoms with E-state index in [9.17, 15) is 0 Å². The SMILES string of the molecule is c1ccc(-c2ccc3c(c2)oc2cc(N(c4ccc(-c5ccc(-c6cccc7ccccc67)cc5)cc4)c4ccc(-c5ccccc5)c5oc6cc(-c7ccccc7)ccc6c45)ccc23)cc1. The number of hydrogen-bond acceptors (Lipinski definition) is 3. The van der Waals surface area contributed by atoms with Crippen molar-refractivity contribution >= 4 is 71.7 Å². The second-order valence-electron chi connectivity index (χ2n) is 17.2. The van der Waals surface area contributed by atoms with Crippen LogP contribution in [0.25, 0.3) is 110 Å². The van der Waals surface area contributed by atoms with Crippen LogP contribution in [0.5, 0.6) is 0 Å². The van der Waals surface area contributed by atoms with Crippen LogP contribution in [0.2, 0.25) is 0 Å². The average Bonchev–Trinajstić information content (AvgIpc) is 3.98. The molecule has 0 spiro atoms. The molecule has 0 amide bonds. The minimum Gasteiger partial charge on any atom is -0.456 e. The van der Waals surface area contributed by atoms with Crippen molar-refractivity contribution < 1.29 is 8.83 Å². The smallest absolute Gasteiger partial charge is 0.145 e. The fraction of sp³-hybridized carbons (Fsp3) is 0. The molecule has 0 saturated heterocycles. The van der Waals surface area contributed by atoms with Gasteiger partial charge >= 0.3 is 0 Å². The van der Waals surface area contributed by atoms with E-state index in [0.29, 0.717) is 0 Å². The lowest BCUT2D eigenvalue weighted by molar-refractivity contribution is 0.669. The highest BCUT2D eigenvalue weighted by Gasteiger charge is 2.24. The van der Waals surface area contributed by atoms with Gasteiger partial charge in [-0.15, -0.1) is 0 Å². The van der Waals surface area contributed by atoms with Crippen molar-refractivity contribution in [3.8, 4) is 55.6 Å². The Labute approximate surface area is 388 Å². The molecule has 0 bridgehead atoms. The molecule has 0 aliphatic heterocycles. The van der Waals surface area contributed by atoms with Crippen LogP contribution < -0.4 is 4.90 Å². The summed E-state index contributed by atoms with van der Waals surface area (Å²) < 4.78 is 13.8. The van der Waals surface area contributed by atoms with Crippen molar-refractivity contribution in [1.29, 1.82) is 0 Å². The first-order valence-electron chi connectivity index (χ1n) is 22.8. The molecule has 67 heavy (non-hydrogen) atoms. The van der Waals surface area contributed by atoms with E-state index in [-0.39, 0.29) is 0 Å². The van der Waals surface area contributed by atoms with Gasteiger partial charge in [0, 0.05) is 39.2 Å². The van der Waals surface area contributed by atoms with Gasteiger partial charge in [0.15, 0.2) is 0 Å². The standard InChI is InChI=1S/C64H41NO2/c1-4-13-42(14-5-1)49-29-34-56-57-36-33-52(41-62(57)66-60(56)39-49)65(51-31-27-45(28-32-51)44-23-25-48(26-24-44)54-22-12-20-46-19-10-11-21-53(46)54)59-38-37-55(47-17-8-3-9-18-47)64-63(59)58-35-30-50(40-61(58)67-64)43-15-6-2-7-16-43/h1-41H. The van der Waals surface area contributed by atoms with E-state index in [1.807, 2.05) is 6.07 Å². The topological polar surface area (TPSA) is 29.5 Å². The van der Waals surface area contributed by atoms with Gasteiger partial charge in [0.05, 0.1) is 11.1 Å². The number of rotatable bonds is 8. The third-order valence-electron chi connectivity index (χ3n) is 13.3. The molecule has 0 saturated carbocycles. The van der Waals surface area contributed by atoms with Crippen LogP contribution in [0, 0.1) is 0 Å². The third kappa shape index (κ3) is 6.76. The maximum atomic E-state index is 7.02. The Balaban J connectivity index is 0.974. The predicted molar refractivity (Wildman–Crippen MR) is 280 cm³/mol. The first-order chi connectivity index (χ1) is 33.2. The zero-order valence-corrected chi connectivity index (χ0v) is 36.4. The van der Waals surface area contributed by atoms with Crippen LogP contribution in [-0.4, -0.2) is 0 Å². The van der Waals surface area contributed by atoms with Crippen LogP contribution in [0.4, 0.5) is 17.1 Å². The summed E-state index contributed by atoms with van der Waals surface area (Å²) in [4.78, 5) is 2.35. The van der Waals surface area contributed by atoms with Gasteiger partial charge in [-0.2, -0.15) is 0 Å². The van der Waals surface area contributed by atoms with E-state index in [1.165, 1.54) is 21.9 Å². The summed E-state index contributed by atoms with van der Waals surface area (Å²) in [5, 5.41) is 6.76. The number of furan rings is 2. The van der Waals surface area contributed by atoms with Crippen LogP contribution in [0.1, 0.15) is 0 Å². The second-order valence-corrected chi connectivity index (χ2v) is 17.2. The molecule has 0 unspecified atom stereocenters. The first kappa shape index (κ1) is 38.5. The zero-order valence-electron chi connectivity index (χ0n) is 36.4. The molecule has 13 aromatic rings. The lowest BCUT2D eigenvalue weighted by Crippen LogP contribution is -2.10. The van der Waals surface area contributed by atoms with Crippen molar-refractivity contribution in [2.45, 2.75) is 0 Å². The molecule has 0 radical (unpaired) electrons. The number of hydrogen-bond donors (Lipinski definition) is 0. The summed E-state index contributed by atoms with van der Waals surface area (Å²) in [5.74, 6) is 0. The van der Waals surface area contributed by atoms with Crippen molar-refractivity contribution in [2.75, 3.05) is 4.90 Å². The molecule has 0 aliphatic carbocycles. The Kier molecular flexibility index (Phi) is 9.17. The molecule has 0 aliphatic rings. The van der Waals surface area contributed by atoms with Gasteiger partial charge in [-0.3, -0.25) is 0 Å². The Hall–Kier alpha value is -8.92. The fourth-order valence-electron chi connectivity index (χ4n) is 9.97. The summed E-state index contributed by atoms with van der Waals surface area (Å²) in [6, 6.07) is 88.7. The minimum absolute atomic E-state index is 0.826. The molecule has 0 atom stereocenters. The molecule has 2 aromatic heterocycles. The summed E-state index contributed by atoms with van der Waals surface area (Å²) in [6.45, 7) is 0. The second kappa shape index (κ2) is 16.0. The summed E-state index contributed by atoms with van der Waals surface area (Å²) in [5.41, 5.74) is 17.8. The Bertz CT molecular complexity index is 3940. The molecule has 11 aromatic carbocycles. The number of fused-ring (bicyclic) bond motifs is 7. The van der Waals surface area contributed by atoms with Gasteiger partial charge in [0.1, 0.15) is 22.3 Å². The van der Waals surface area contributed by atoms with Crippen molar-refractivity contribution in [2.24, 2.45) is 0 Å². The molecule has 3 heteroatoms. The molecule has 3 nitrogen and oxygen atoms in total. The normalized spacial score (nSPS) is 11.6. The van der Waals surface area contributed by atoms with Gasteiger partial charge in [-0.25, -0.2) is 0 Å². The van der Waals surface area contributed by atoms with E-state index in [0.717, 1.165) is 105 Å². The quantitative estimate of drug-likeness (QED) is 0.152. The number of anilines is 3. The third-order valence-corrected chi connectivity index (χ3v) is 13.3. The van der Waals surface area contributed by atoms with Gasteiger partial charge in [-0.05, 0) is 122 Å². The van der Waals surface area contributed by atoms with Crippen molar-refractivity contribution in [3.63, 3.8) is 0 Å². The molecule has 0 fully saturated rings. The molecule has 2 heterocycles. The highest BCUT2D eigenvalue weighted by atomic mass is 16.3. The minimum atomic E-state index is 0.826. The lowest BCUT2D eigenvalue weighted by Gasteiger charge is -2.27. The van der Waals surface area contributed by atoms with E-state index in [2.05, 4.69) is 248 Å². The molecule has 314 valence electrons.